The summed E-state index contributed by atoms with van der Waals surface area (Å²) in [5.41, 5.74) is 1.39. The molecule has 0 saturated carbocycles. The second-order valence-electron chi connectivity index (χ2n) is 4.68. The van der Waals surface area contributed by atoms with Crippen molar-refractivity contribution < 1.29 is 19.4 Å². The van der Waals surface area contributed by atoms with E-state index in [-0.39, 0.29) is 25.6 Å². The summed E-state index contributed by atoms with van der Waals surface area (Å²) in [5.74, 6) is -1.25. The lowest BCUT2D eigenvalue weighted by Crippen LogP contribution is -2.49. The molecule has 1 N–H and O–H groups in total. The number of halogens is 1. The molecular weight excluding hydrogens is 286 g/mol. The Hall–Kier alpha value is -1.60. The summed E-state index contributed by atoms with van der Waals surface area (Å²) < 4.78 is 6.61. The van der Waals surface area contributed by atoms with E-state index < -0.39 is 12.1 Å². The van der Waals surface area contributed by atoms with Crippen LogP contribution in [0.2, 0.25) is 5.02 Å². The van der Waals surface area contributed by atoms with Crippen LogP contribution in [0, 0.1) is 13.8 Å². The zero-order valence-corrected chi connectivity index (χ0v) is 12.1. The lowest BCUT2D eigenvalue weighted by molar-refractivity contribution is -0.159. The molecule has 1 aliphatic heterocycles. The molecule has 0 unspecified atom stereocenters. The summed E-state index contributed by atoms with van der Waals surface area (Å²) in [4.78, 5) is 24.5. The maximum Gasteiger partial charge on any atom is 0.334 e. The molecule has 2 heterocycles. The van der Waals surface area contributed by atoms with Gasteiger partial charge in [-0.05, 0) is 13.8 Å². The van der Waals surface area contributed by atoms with Crippen molar-refractivity contribution >= 4 is 23.5 Å². The Bertz CT molecular complexity index is 543. The maximum atomic E-state index is 12.2. The molecule has 0 aliphatic carbocycles. The number of aromatic nitrogens is 2. The highest BCUT2D eigenvalue weighted by Gasteiger charge is 2.29. The fourth-order valence-electron chi connectivity index (χ4n) is 2.08. The first-order chi connectivity index (χ1) is 9.40. The van der Waals surface area contributed by atoms with Gasteiger partial charge >= 0.3 is 5.97 Å². The highest BCUT2D eigenvalue weighted by atomic mass is 35.5. The second-order valence-corrected chi connectivity index (χ2v) is 5.06. The van der Waals surface area contributed by atoms with Crippen LogP contribution >= 0.6 is 11.6 Å². The third kappa shape index (κ3) is 2.94. The monoisotopic (exact) mass is 301 g/mol. The van der Waals surface area contributed by atoms with Crippen LogP contribution in [-0.4, -0.2) is 57.5 Å². The molecule has 0 spiro atoms. The van der Waals surface area contributed by atoms with Crippen LogP contribution in [0.5, 0.6) is 0 Å². The minimum absolute atomic E-state index is 0.0474. The van der Waals surface area contributed by atoms with Crippen molar-refractivity contribution in [1.82, 2.24) is 14.7 Å². The molecule has 2 rings (SSSR count). The summed E-state index contributed by atoms with van der Waals surface area (Å²) >= 11 is 6.03. The van der Waals surface area contributed by atoms with E-state index in [1.54, 1.807) is 13.8 Å². The van der Waals surface area contributed by atoms with Crippen LogP contribution in [0.25, 0.3) is 0 Å². The van der Waals surface area contributed by atoms with Crippen molar-refractivity contribution in [3.8, 4) is 0 Å². The minimum atomic E-state index is -1.06. The lowest BCUT2D eigenvalue weighted by atomic mass is 10.2. The molecule has 0 radical (unpaired) electrons. The number of carbonyl (C=O) groups is 2. The molecule has 0 aromatic carbocycles. The quantitative estimate of drug-likeness (QED) is 0.877. The molecule has 1 atom stereocenters. The number of hydrogen-bond acceptors (Lipinski definition) is 4. The number of carboxylic acids is 1. The van der Waals surface area contributed by atoms with E-state index in [0.29, 0.717) is 17.3 Å². The number of aryl methyl sites for hydroxylation is 1. The van der Waals surface area contributed by atoms with Gasteiger partial charge in [0.2, 0.25) is 5.91 Å². The van der Waals surface area contributed by atoms with Gasteiger partial charge in [-0.15, -0.1) is 0 Å². The van der Waals surface area contributed by atoms with E-state index in [4.69, 9.17) is 21.4 Å². The zero-order chi connectivity index (χ0) is 14.9. The Morgan fingerprint density at radius 1 is 1.50 bits per heavy atom. The number of morpholine rings is 1. The first-order valence-corrected chi connectivity index (χ1v) is 6.59. The van der Waals surface area contributed by atoms with Crippen LogP contribution in [0.1, 0.15) is 11.4 Å². The van der Waals surface area contributed by atoms with Crippen molar-refractivity contribution in [3.63, 3.8) is 0 Å². The smallest absolute Gasteiger partial charge is 0.334 e. The standard InChI is InChI=1S/C12H16ClN3O4/c1-7-11(13)8(2)16(14-7)6-10(17)15-3-4-20-9(5-15)12(18)19/h9H,3-6H2,1-2H3,(H,18,19)/t9-/m0/s1. The maximum absolute atomic E-state index is 12.2. The predicted octanol–water partition coefficient (Wildman–Crippen LogP) is 0.465. The number of ether oxygens (including phenoxy) is 1. The largest absolute Gasteiger partial charge is 0.479 e. The first-order valence-electron chi connectivity index (χ1n) is 6.22. The molecular formula is C12H16ClN3O4. The number of nitrogens with zero attached hydrogens (tertiary/aromatic N) is 3. The molecule has 20 heavy (non-hydrogen) atoms. The molecule has 7 nitrogen and oxygen atoms in total. The third-order valence-electron chi connectivity index (χ3n) is 3.27. The molecule has 1 fully saturated rings. The van der Waals surface area contributed by atoms with Crippen molar-refractivity contribution in [2.75, 3.05) is 19.7 Å². The average Bonchev–Trinajstić information content (AvgIpc) is 2.66. The summed E-state index contributed by atoms with van der Waals surface area (Å²) in [6.45, 7) is 4.27. The number of hydrogen-bond donors (Lipinski definition) is 1. The molecule has 110 valence electrons. The molecule has 8 heteroatoms. The minimum Gasteiger partial charge on any atom is -0.479 e. The van der Waals surface area contributed by atoms with E-state index in [1.165, 1.54) is 9.58 Å². The van der Waals surface area contributed by atoms with Crippen LogP contribution in [0.4, 0.5) is 0 Å². The fraction of sp³-hybridized carbons (Fsp3) is 0.583. The van der Waals surface area contributed by atoms with Crippen molar-refractivity contribution in [2.45, 2.75) is 26.5 Å². The Kier molecular flexibility index (Phi) is 4.29. The van der Waals surface area contributed by atoms with Crippen LogP contribution in [-0.2, 0) is 20.9 Å². The summed E-state index contributed by atoms with van der Waals surface area (Å²) in [5, 5.41) is 13.6. The zero-order valence-electron chi connectivity index (χ0n) is 11.3. The SMILES string of the molecule is Cc1nn(CC(=O)N2CCO[C@H](C(=O)O)C2)c(C)c1Cl. The van der Waals surface area contributed by atoms with E-state index in [9.17, 15) is 9.59 Å². The molecule has 1 saturated heterocycles. The van der Waals surface area contributed by atoms with Gasteiger partial charge in [0.05, 0.1) is 29.6 Å². The van der Waals surface area contributed by atoms with Gasteiger partial charge in [-0.2, -0.15) is 5.10 Å². The average molecular weight is 302 g/mol. The number of amides is 1. The third-order valence-corrected chi connectivity index (χ3v) is 3.82. The van der Waals surface area contributed by atoms with Crippen molar-refractivity contribution in [3.05, 3.63) is 16.4 Å². The number of rotatable bonds is 3. The number of aliphatic carboxylic acids is 1. The Morgan fingerprint density at radius 3 is 2.75 bits per heavy atom. The molecule has 0 bridgehead atoms. The summed E-state index contributed by atoms with van der Waals surface area (Å²) in [6, 6.07) is 0. The van der Waals surface area contributed by atoms with Gasteiger partial charge in [-0.3, -0.25) is 9.48 Å². The number of carboxylic acid groups (broad SMARTS) is 1. The molecule has 1 aromatic rings. The highest BCUT2D eigenvalue weighted by molar-refractivity contribution is 6.31. The van der Waals surface area contributed by atoms with Gasteiger partial charge < -0.3 is 14.7 Å². The first kappa shape index (κ1) is 14.8. The van der Waals surface area contributed by atoms with E-state index >= 15 is 0 Å². The van der Waals surface area contributed by atoms with E-state index in [0.717, 1.165) is 5.69 Å². The summed E-state index contributed by atoms with van der Waals surface area (Å²) in [6.07, 6.45) is -0.961. The molecule has 1 aliphatic rings. The van der Waals surface area contributed by atoms with Crippen LogP contribution in [0.15, 0.2) is 0 Å². The van der Waals surface area contributed by atoms with Crippen LogP contribution < -0.4 is 0 Å². The normalized spacial score (nSPS) is 19.1. The summed E-state index contributed by atoms with van der Waals surface area (Å²) in [7, 11) is 0. The molecule has 1 aromatic heterocycles. The van der Waals surface area contributed by atoms with Gasteiger partial charge in [0.15, 0.2) is 6.10 Å². The van der Waals surface area contributed by atoms with Crippen LogP contribution in [0.3, 0.4) is 0 Å². The number of carbonyl (C=O) groups excluding carboxylic acids is 1. The van der Waals surface area contributed by atoms with Gasteiger partial charge in [-0.25, -0.2) is 4.79 Å². The lowest BCUT2D eigenvalue weighted by Gasteiger charge is -2.30. The topological polar surface area (TPSA) is 84.7 Å². The highest BCUT2D eigenvalue weighted by Crippen LogP contribution is 2.19. The Morgan fingerprint density at radius 2 is 2.20 bits per heavy atom. The van der Waals surface area contributed by atoms with Crippen molar-refractivity contribution in [1.29, 1.82) is 0 Å². The van der Waals surface area contributed by atoms with Gasteiger partial charge in [-0.1, -0.05) is 11.6 Å². The van der Waals surface area contributed by atoms with Gasteiger partial charge in [0, 0.05) is 6.54 Å². The predicted molar refractivity (Wildman–Crippen MR) is 70.7 cm³/mol. The van der Waals surface area contributed by atoms with Crippen molar-refractivity contribution in [2.24, 2.45) is 0 Å². The fourth-order valence-corrected chi connectivity index (χ4v) is 2.22. The Balaban J connectivity index is 2.04. The van der Waals surface area contributed by atoms with E-state index in [2.05, 4.69) is 5.10 Å². The molecule has 1 amide bonds. The second kappa shape index (κ2) is 5.80. The van der Waals surface area contributed by atoms with Gasteiger partial charge in [0.25, 0.3) is 0 Å². The van der Waals surface area contributed by atoms with Gasteiger partial charge in [0.1, 0.15) is 6.54 Å². The Labute approximate surface area is 121 Å². The van der Waals surface area contributed by atoms with E-state index in [1.807, 2.05) is 0 Å².